The molecule has 0 N–H and O–H groups in total. The molecule has 0 aromatic heterocycles. The summed E-state index contributed by atoms with van der Waals surface area (Å²) < 4.78 is 30.7. The van der Waals surface area contributed by atoms with Gasteiger partial charge in [-0.15, -0.1) is 0 Å². The Kier molecular flexibility index (Phi) is 6.62. The Morgan fingerprint density at radius 2 is 1.76 bits per heavy atom. The minimum absolute atomic E-state index is 0.159. The summed E-state index contributed by atoms with van der Waals surface area (Å²) in [6, 6.07) is 7.00. The molecule has 3 nitrogen and oxygen atoms in total. The van der Waals surface area contributed by atoms with Crippen LogP contribution in [-0.2, 0) is 14.3 Å². The molecule has 0 aliphatic rings. The van der Waals surface area contributed by atoms with Gasteiger partial charge in [0.2, 0.25) is 0 Å². The Morgan fingerprint density at radius 1 is 1.14 bits per heavy atom. The quantitative estimate of drug-likeness (QED) is 0.400. The van der Waals surface area contributed by atoms with E-state index in [-0.39, 0.29) is 5.73 Å². The van der Waals surface area contributed by atoms with Gasteiger partial charge >= 0.3 is 0 Å². The summed E-state index contributed by atoms with van der Waals surface area (Å²) in [5, 5.41) is 0. The van der Waals surface area contributed by atoms with Gasteiger partial charge in [0.05, 0.1) is 18.7 Å². The molecule has 0 bridgehead atoms. The smallest absolute Gasteiger partial charge is 0.267 e. The van der Waals surface area contributed by atoms with Crippen molar-refractivity contribution in [2.24, 2.45) is 0 Å². The first-order valence-electron chi connectivity index (χ1n) is 7.67. The molecule has 0 saturated carbocycles. The molecule has 1 aromatic carbocycles. The molecule has 5 heteroatoms. The number of aryl methyl sites for hydroxylation is 1. The monoisotopic (exact) mass is 328 g/mol. The van der Waals surface area contributed by atoms with Crippen molar-refractivity contribution in [1.29, 1.82) is 0 Å². The van der Waals surface area contributed by atoms with E-state index in [9.17, 15) is 8.42 Å². The number of hydrogen-bond donors (Lipinski definition) is 0. The first-order chi connectivity index (χ1) is 9.68. The van der Waals surface area contributed by atoms with E-state index in [0.29, 0.717) is 4.90 Å². The molecule has 0 radical (unpaired) electrons. The molecule has 1 aromatic rings. The van der Waals surface area contributed by atoms with Crippen LogP contribution in [0.2, 0.25) is 19.6 Å². The second-order valence-corrected chi connectivity index (χ2v) is 13.6. The zero-order chi connectivity index (χ0) is 16.1. The average Bonchev–Trinajstić information content (AvgIpc) is 2.37. The van der Waals surface area contributed by atoms with Gasteiger partial charge in [-0.1, -0.05) is 64.0 Å². The molecule has 21 heavy (non-hydrogen) atoms. The lowest BCUT2D eigenvalue weighted by Crippen LogP contribution is -2.41. The molecule has 1 unspecified atom stereocenters. The fourth-order valence-corrected chi connectivity index (χ4v) is 6.07. The Balaban J connectivity index is 2.94. The molecule has 0 fully saturated rings. The van der Waals surface area contributed by atoms with Gasteiger partial charge in [0, 0.05) is 0 Å². The minimum Gasteiger partial charge on any atom is -0.267 e. The van der Waals surface area contributed by atoms with Crippen molar-refractivity contribution in [2.45, 2.75) is 69.8 Å². The Hall–Kier alpha value is -0.653. The van der Waals surface area contributed by atoms with E-state index in [1.165, 1.54) is 0 Å². The fourth-order valence-electron chi connectivity index (χ4n) is 2.25. The van der Waals surface area contributed by atoms with E-state index in [1.807, 2.05) is 6.07 Å². The molecule has 1 rings (SSSR count). The van der Waals surface area contributed by atoms with Crippen molar-refractivity contribution in [3.8, 4) is 0 Å². The zero-order valence-corrected chi connectivity index (χ0v) is 15.7. The molecule has 0 aliphatic carbocycles. The second-order valence-electron chi connectivity index (χ2n) is 6.67. The van der Waals surface area contributed by atoms with Crippen molar-refractivity contribution >= 4 is 18.2 Å². The van der Waals surface area contributed by atoms with Crippen LogP contribution in [0.4, 0.5) is 0 Å². The number of hydrogen-bond acceptors (Lipinski definition) is 3. The Bertz CT molecular complexity index is 547. The third-order valence-corrected chi connectivity index (χ3v) is 7.63. The van der Waals surface area contributed by atoms with Crippen molar-refractivity contribution in [2.75, 3.05) is 0 Å². The highest BCUT2D eigenvalue weighted by Crippen LogP contribution is 2.25. The van der Waals surface area contributed by atoms with Crippen LogP contribution in [0.15, 0.2) is 29.2 Å². The summed E-state index contributed by atoms with van der Waals surface area (Å²) in [7, 11) is -5.37. The number of benzene rings is 1. The second kappa shape index (κ2) is 7.56. The third kappa shape index (κ3) is 5.56. The van der Waals surface area contributed by atoms with E-state index in [2.05, 4.69) is 26.6 Å². The van der Waals surface area contributed by atoms with Crippen LogP contribution in [0.25, 0.3) is 0 Å². The van der Waals surface area contributed by atoms with Gasteiger partial charge in [-0.3, -0.25) is 4.18 Å². The van der Waals surface area contributed by atoms with Gasteiger partial charge in [-0.25, -0.2) is 0 Å². The lowest BCUT2D eigenvalue weighted by atomic mass is 10.2. The molecule has 0 saturated heterocycles. The minimum atomic E-state index is -3.68. The summed E-state index contributed by atoms with van der Waals surface area (Å²) in [4.78, 5) is 0.295. The lowest BCUT2D eigenvalue weighted by Gasteiger charge is -2.28. The summed E-state index contributed by atoms with van der Waals surface area (Å²) in [5.74, 6) is 0. The first kappa shape index (κ1) is 18.4. The predicted molar refractivity (Wildman–Crippen MR) is 90.7 cm³/mol. The normalized spacial score (nSPS) is 14.1. The van der Waals surface area contributed by atoms with Crippen LogP contribution >= 0.6 is 0 Å². The van der Waals surface area contributed by atoms with Crippen molar-refractivity contribution in [1.82, 2.24) is 0 Å². The van der Waals surface area contributed by atoms with Gasteiger partial charge < -0.3 is 0 Å². The first-order valence-corrected chi connectivity index (χ1v) is 12.7. The highest BCUT2D eigenvalue weighted by molar-refractivity contribution is 7.86. The van der Waals surface area contributed by atoms with E-state index in [4.69, 9.17) is 4.18 Å². The fraction of sp³-hybridized carbons (Fsp3) is 0.625. The van der Waals surface area contributed by atoms with Crippen LogP contribution < -0.4 is 0 Å². The molecule has 0 amide bonds. The molecule has 0 heterocycles. The van der Waals surface area contributed by atoms with E-state index < -0.39 is 18.2 Å². The maximum atomic E-state index is 12.5. The average molecular weight is 329 g/mol. The lowest BCUT2D eigenvalue weighted by molar-refractivity contribution is 0.258. The SMILES string of the molecule is CCCCCC(OS(=O)(=O)c1ccccc1C)[Si](C)(C)C. The van der Waals surface area contributed by atoms with Gasteiger partial charge in [-0.2, -0.15) is 8.42 Å². The van der Waals surface area contributed by atoms with E-state index >= 15 is 0 Å². The molecule has 0 spiro atoms. The van der Waals surface area contributed by atoms with Crippen LogP contribution in [0, 0.1) is 6.92 Å². The van der Waals surface area contributed by atoms with E-state index in [1.54, 1.807) is 25.1 Å². The molecular weight excluding hydrogens is 300 g/mol. The Labute approximate surface area is 130 Å². The van der Waals surface area contributed by atoms with Gasteiger partial charge in [0.25, 0.3) is 10.1 Å². The highest BCUT2D eigenvalue weighted by Gasteiger charge is 2.32. The highest BCUT2D eigenvalue weighted by atomic mass is 32.2. The molecule has 0 aliphatic heterocycles. The Morgan fingerprint density at radius 3 is 2.29 bits per heavy atom. The molecule has 120 valence electrons. The van der Waals surface area contributed by atoms with Crippen LogP contribution in [0.3, 0.4) is 0 Å². The standard InChI is InChI=1S/C16H28O3SSi/c1-6-7-8-13-16(21(3,4)5)19-20(17,18)15-12-10-9-11-14(15)2/h9-12,16H,6-8,13H2,1-5H3. The third-order valence-electron chi connectivity index (χ3n) is 3.64. The summed E-state index contributed by atoms with van der Waals surface area (Å²) in [5.41, 5.74) is 0.578. The van der Waals surface area contributed by atoms with Gasteiger partial charge in [0.15, 0.2) is 0 Å². The van der Waals surface area contributed by atoms with Crippen molar-refractivity contribution < 1.29 is 12.6 Å². The molecule has 1 atom stereocenters. The maximum Gasteiger partial charge on any atom is 0.297 e. The number of unbranched alkanes of at least 4 members (excludes halogenated alkanes) is 2. The predicted octanol–water partition coefficient (Wildman–Crippen LogP) is 4.53. The number of rotatable bonds is 8. The van der Waals surface area contributed by atoms with Gasteiger partial charge in [-0.05, 0) is 25.0 Å². The summed E-state index contributed by atoms with van der Waals surface area (Å²) in [6.07, 6.45) is 4.10. The topological polar surface area (TPSA) is 43.4 Å². The van der Waals surface area contributed by atoms with Gasteiger partial charge in [0.1, 0.15) is 0 Å². The summed E-state index contributed by atoms with van der Waals surface area (Å²) in [6.45, 7) is 10.4. The van der Waals surface area contributed by atoms with Crippen LogP contribution in [0.5, 0.6) is 0 Å². The van der Waals surface area contributed by atoms with Crippen molar-refractivity contribution in [3.63, 3.8) is 0 Å². The van der Waals surface area contributed by atoms with E-state index in [0.717, 1.165) is 31.2 Å². The largest absolute Gasteiger partial charge is 0.297 e. The van der Waals surface area contributed by atoms with Crippen molar-refractivity contribution in [3.05, 3.63) is 29.8 Å². The maximum absolute atomic E-state index is 12.5. The molecular formula is C16H28O3SSi. The summed E-state index contributed by atoms with van der Waals surface area (Å²) >= 11 is 0. The van der Waals surface area contributed by atoms with Crippen LogP contribution in [-0.4, -0.2) is 22.2 Å². The van der Waals surface area contributed by atoms with Crippen LogP contribution in [0.1, 0.15) is 38.2 Å². The zero-order valence-electron chi connectivity index (χ0n) is 13.8.